The molecule has 0 spiro atoms. The van der Waals surface area contributed by atoms with Gasteiger partial charge in [0.2, 0.25) is 0 Å². The zero-order valence-corrected chi connectivity index (χ0v) is 11.6. The smallest absolute Gasteiger partial charge is 0.199 e. The maximum atomic E-state index is 13.9. The number of ketones is 1. The normalized spacial score (nSPS) is 10.4. The number of hydrogen-bond acceptors (Lipinski definition) is 2. The molecule has 0 aromatic heterocycles. The van der Waals surface area contributed by atoms with Crippen LogP contribution in [0.25, 0.3) is 0 Å². The Labute approximate surface area is 119 Å². The summed E-state index contributed by atoms with van der Waals surface area (Å²) >= 11 is 5.80. The molecule has 0 aliphatic carbocycles. The monoisotopic (exact) mass is 296 g/mol. The Bertz CT molecular complexity index is 684. The molecule has 0 unspecified atom stereocenters. The number of carbonyl (C=O) groups excluding carboxylic acids is 1. The van der Waals surface area contributed by atoms with Crippen LogP contribution in [-0.4, -0.2) is 12.9 Å². The van der Waals surface area contributed by atoms with E-state index in [4.69, 9.17) is 16.3 Å². The zero-order valence-electron chi connectivity index (χ0n) is 10.8. The van der Waals surface area contributed by atoms with E-state index in [2.05, 4.69) is 0 Å². The lowest BCUT2D eigenvalue weighted by Crippen LogP contribution is -2.08. The molecule has 5 heteroatoms. The second-order valence-electron chi connectivity index (χ2n) is 4.23. The molecular formula is C15H11ClF2O2. The predicted octanol–water partition coefficient (Wildman–Crippen LogP) is 4.17. The van der Waals surface area contributed by atoms with Crippen molar-refractivity contribution in [1.82, 2.24) is 0 Å². The van der Waals surface area contributed by atoms with Gasteiger partial charge in [0.25, 0.3) is 0 Å². The minimum Gasteiger partial charge on any atom is -0.496 e. The number of hydrogen-bond donors (Lipinski definition) is 0. The van der Waals surface area contributed by atoms with Crippen LogP contribution in [0.4, 0.5) is 8.78 Å². The fourth-order valence-electron chi connectivity index (χ4n) is 1.82. The summed E-state index contributed by atoms with van der Waals surface area (Å²) in [6.07, 6.45) is 0. The summed E-state index contributed by atoms with van der Waals surface area (Å²) < 4.78 is 32.4. The third-order valence-electron chi connectivity index (χ3n) is 2.93. The predicted molar refractivity (Wildman–Crippen MR) is 72.5 cm³/mol. The molecule has 0 saturated heterocycles. The molecule has 0 bridgehead atoms. The molecule has 0 saturated carbocycles. The maximum absolute atomic E-state index is 13.9. The SMILES string of the molecule is COc1cc(Cl)ccc1C(=O)c1ccc(C)c(F)c1F. The van der Waals surface area contributed by atoms with Crippen LogP contribution in [0.2, 0.25) is 5.02 Å². The number of aryl methyl sites for hydroxylation is 1. The first-order valence-electron chi connectivity index (χ1n) is 5.78. The Morgan fingerprint density at radius 3 is 2.40 bits per heavy atom. The lowest BCUT2D eigenvalue weighted by atomic mass is 10.0. The summed E-state index contributed by atoms with van der Waals surface area (Å²) in [7, 11) is 1.37. The largest absolute Gasteiger partial charge is 0.496 e. The number of benzene rings is 2. The summed E-state index contributed by atoms with van der Waals surface area (Å²) in [6.45, 7) is 1.43. The van der Waals surface area contributed by atoms with Crippen molar-refractivity contribution in [3.63, 3.8) is 0 Å². The van der Waals surface area contributed by atoms with Crippen LogP contribution in [0.15, 0.2) is 30.3 Å². The van der Waals surface area contributed by atoms with Crippen molar-refractivity contribution in [2.24, 2.45) is 0 Å². The summed E-state index contributed by atoms with van der Waals surface area (Å²) in [5.41, 5.74) is -0.0742. The second-order valence-corrected chi connectivity index (χ2v) is 4.67. The molecule has 2 aromatic carbocycles. The number of halogens is 3. The van der Waals surface area contributed by atoms with Gasteiger partial charge in [-0.05, 0) is 36.8 Å². The number of ether oxygens (including phenoxy) is 1. The first kappa shape index (κ1) is 14.5. The highest BCUT2D eigenvalue weighted by Gasteiger charge is 2.21. The first-order chi connectivity index (χ1) is 9.45. The Morgan fingerprint density at radius 2 is 1.75 bits per heavy atom. The number of methoxy groups -OCH3 is 1. The van der Waals surface area contributed by atoms with Gasteiger partial charge < -0.3 is 4.74 Å². The maximum Gasteiger partial charge on any atom is 0.199 e. The highest BCUT2D eigenvalue weighted by molar-refractivity contribution is 6.31. The summed E-state index contributed by atoms with van der Waals surface area (Å²) in [6, 6.07) is 6.95. The van der Waals surface area contributed by atoms with Crippen molar-refractivity contribution < 1.29 is 18.3 Å². The molecule has 2 aromatic rings. The van der Waals surface area contributed by atoms with E-state index >= 15 is 0 Å². The Morgan fingerprint density at radius 1 is 1.10 bits per heavy atom. The van der Waals surface area contributed by atoms with Crippen LogP contribution >= 0.6 is 11.6 Å². The third-order valence-corrected chi connectivity index (χ3v) is 3.16. The molecule has 0 fully saturated rings. The molecule has 2 rings (SSSR count). The fourth-order valence-corrected chi connectivity index (χ4v) is 1.98. The van der Waals surface area contributed by atoms with Gasteiger partial charge in [-0.15, -0.1) is 0 Å². The van der Waals surface area contributed by atoms with Crippen molar-refractivity contribution >= 4 is 17.4 Å². The standard InChI is InChI=1S/C15H11ClF2O2/c1-8-3-5-11(14(18)13(8)17)15(19)10-6-4-9(16)7-12(10)20-2/h3-7H,1-2H3. The Balaban J connectivity index is 2.55. The van der Waals surface area contributed by atoms with Crippen LogP contribution < -0.4 is 4.74 Å². The van der Waals surface area contributed by atoms with E-state index in [-0.39, 0.29) is 22.4 Å². The molecule has 0 amide bonds. The quantitative estimate of drug-likeness (QED) is 0.795. The van der Waals surface area contributed by atoms with E-state index in [1.807, 2.05) is 0 Å². The van der Waals surface area contributed by atoms with Gasteiger partial charge in [0, 0.05) is 5.02 Å². The summed E-state index contributed by atoms with van der Waals surface area (Å²) in [5, 5.41) is 0.383. The molecule has 0 N–H and O–H groups in total. The second kappa shape index (κ2) is 5.59. The van der Waals surface area contributed by atoms with Gasteiger partial charge in [0.15, 0.2) is 17.4 Å². The summed E-state index contributed by atoms with van der Waals surface area (Å²) in [5.74, 6) is -2.63. The van der Waals surface area contributed by atoms with E-state index in [0.29, 0.717) is 5.02 Å². The van der Waals surface area contributed by atoms with Crippen LogP contribution in [0, 0.1) is 18.6 Å². The van der Waals surface area contributed by atoms with Gasteiger partial charge >= 0.3 is 0 Å². The topological polar surface area (TPSA) is 26.3 Å². The van der Waals surface area contributed by atoms with E-state index in [1.54, 1.807) is 0 Å². The van der Waals surface area contributed by atoms with Crippen molar-refractivity contribution in [2.75, 3.05) is 7.11 Å². The number of carbonyl (C=O) groups is 1. The van der Waals surface area contributed by atoms with Gasteiger partial charge in [-0.3, -0.25) is 4.79 Å². The molecule has 0 radical (unpaired) electrons. The van der Waals surface area contributed by atoms with Crippen LogP contribution in [-0.2, 0) is 0 Å². The molecule has 20 heavy (non-hydrogen) atoms. The average Bonchev–Trinajstić information content (AvgIpc) is 2.44. The Kier molecular flexibility index (Phi) is 4.04. The number of rotatable bonds is 3. The van der Waals surface area contributed by atoms with E-state index in [1.165, 1.54) is 44.4 Å². The molecular weight excluding hydrogens is 286 g/mol. The van der Waals surface area contributed by atoms with Crippen molar-refractivity contribution in [1.29, 1.82) is 0 Å². The fraction of sp³-hybridized carbons (Fsp3) is 0.133. The molecule has 104 valence electrons. The molecule has 2 nitrogen and oxygen atoms in total. The molecule has 0 aliphatic rings. The highest BCUT2D eigenvalue weighted by atomic mass is 35.5. The van der Waals surface area contributed by atoms with Gasteiger partial charge in [0.1, 0.15) is 5.75 Å². The van der Waals surface area contributed by atoms with Gasteiger partial charge in [0.05, 0.1) is 18.2 Å². The van der Waals surface area contributed by atoms with Crippen LogP contribution in [0.1, 0.15) is 21.5 Å². The molecule has 0 heterocycles. The van der Waals surface area contributed by atoms with Crippen LogP contribution in [0.5, 0.6) is 5.75 Å². The van der Waals surface area contributed by atoms with Gasteiger partial charge in [-0.2, -0.15) is 0 Å². The lowest BCUT2D eigenvalue weighted by Gasteiger charge is -2.09. The van der Waals surface area contributed by atoms with Crippen LogP contribution in [0.3, 0.4) is 0 Å². The Hall–Kier alpha value is -1.94. The van der Waals surface area contributed by atoms with Crippen molar-refractivity contribution in [2.45, 2.75) is 6.92 Å². The van der Waals surface area contributed by atoms with Gasteiger partial charge in [-0.1, -0.05) is 17.7 Å². The average molecular weight is 297 g/mol. The lowest BCUT2D eigenvalue weighted by molar-refractivity contribution is 0.103. The minimum absolute atomic E-state index is 0.124. The van der Waals surface area contributed by atoms with E-state index in [9.17, 15) is 13.6 Å². The van der Waals surface area contributed by atoms with Crippen molar-refractivity contribution in [3.05, 3.63) is 63.7 Å². The highest BCUT2D eigenvalue weighted by Crippen LogP contribution is 2.27. The zero-order chi connectivity index (χ0) is 14.9. The minimum atomic E-state index is -1.16. The third kappa shape index (κ3) is 2.51. The molecule has 0 atom stereocenters. The van der Waals surface area contributed by atoms with E-state index in [0.717, 1.165) is 0 Å². The molecule has 0 aliphatic heterocycles. The summed E-state index contributed by atoms with van der Waals surface area (Å²) in [4.78, 5) is 12.3. The van der Waals surface area contributed by atoms with E-state index < -0.39 is 17.4 Å². The van der Waals surface area contributed by atoms with Crippen molar-refractivity contribution in [3.8, 4) is 5.75 Å². The first-order valence-corrected chi connectivity index (χ1v) is 6.16. The van der Waals surface area contributed by atoms with Gasteiger partial charge in [-0.25, -0.2) is 8.78 Å².